The summed E-state index contributed by atoms with van der Waals surface area (Å²) >= 11 is 0. The van der Waals surface area contributed by atoms with E-state index in [4.69, 9.17) is 4.74 Å². The van der Waals surface area contributed by atoms with Crippen molar-refractivity contribution in [2.24, 2.45) is 5.92 Å². The summed E-state index contributed by atoms with van der Waals surface area (Å²) in [5.41, 5.74) is 2.26. The minimum atomic E-state index is 0.0659. The number of nitrogens with one attached hydrogen (secondary N) is 1. The largest absolute Gasteiger partial charge is 0.378 e. The van der Waals surface area contributed by atoms with Gasteiger partial charge in [0.1, 0.15) is 0 Å². The zero-order valence-electron chi connectivity index (χ0n) is 16.4. The Morgan fingerprint density at radius 1 is 1.14 bits per heavy atom. The standard InChI is InChI=1S/C22H30N4O2/c27-22(25-15-10-19(11-16-25)21-4-1-2-17-28-21)23-13-9-18-5-7-20(8-6-18)26-14-3-12-24-26/h3,5-8,12,14,19,21H,1-2,4,9-11,13,15-17H2,(H,23,27). The summed E-state index contributed by atoms with van der Waals surface area (Å²) in [4.78, 5) is 14.4. The summed E-state index contributed by atoms with van der Waals surface area (Å²) < 4.78 is 7.78. The van der Waals surface area contributed by atoms with Crippen LogP contribution in [0.4, 0.5) is 4.79 Å². The highest BCUT2D eigenvalue weighted by molar-refractivity contribution is 5.74. The summed E-state index contributed by atoms with van der Waals surface area (Å²) in [6.07, 6.45) is 10.8. The number of urea groups is 1. The van der Waals surface area contributed by atoms with E-state index < -0.39 is 0 Å². The molecule has 2 fully saturated rings. The van der Waals surface area contributed by atoms with E-state index in [0.717, 1.165) is 44.6 Å². The van der Waals surface area contributed by atoms with Crippen molar-refractivity contribution in [2.75, 3.05) is 26.2 Å². The lowest BCUT2D eigenvalue weighted by molar-refractivity contribution is -0.0348. The van der Waals surface area contributed by atoms with Crippen LogP contribution in [0.1, 0.15) is 37.7 Å². The number of hydrogen-bond acceptors (Lipinski definition) is 3. The molecule has 28 heavy (non-hydrogen) atoms. The molecule has 3 heterocycles. The number of carbonyl (C=O) groups is 1. The molecule has 1 aromatic heterocycles. The minimum absolute atomic E-state index is 0.0659. The topological polar surface area (TPSA) is 59.4 Å². The Bertz CT molecular complexity index is 730. The SMILES string of the molecule is O=C(NCCc1ccc(-n2cccn2)cc1)N1CCC(C2CCCCO2)CC1. The van der Waals surface area contributed by atoms with E-state index in [1.807, 2.05) is 21.8 Å². The third-order valence-corrected chi connectivity index (χ3v) is 5.96. The Kier molecular flexibility index (Phi) is 6.27. The molecule has 1 unspecified atom stereocenters. The predicted molar refractivity (Wildman–Crippen MR) is 109 cm³/mol. The number of amides is 2. The molecule has 0 radical (unpaired) electrons. The summed E-state index contributed by atoms with van der Waals surface area (Å²) in [6.45, 7) is 3.25. The van der Waals surface area contributed by atoms with Gasteiger partial charge in [-0.1, -0.05) is 12.1 Å². The first kappa shape index (κ1) is 19.0. The van der Waals surface area contributed by atoms with Gasteiger partial charge in [-0.05, 0) is 68.2 Å². The van der Waals surface area contributed by atoms with E-state index in [1.54, 1.807) is 6.20 Å². The van der Waals surface area contributed by atoms with Gasteiger partial charge in [0.25, 0.3) is 0 Å². The van der Waals surface area contributed by atoms with Crippen LogP contribution < -0.4 is 5.32 Å². The van der Waals surface area contributed by atoms with Gasteiger partial charge in [-0.3, -0.25) is 0 Å². The van der Waals surface area contributed by atoms with Crippen LogP contribution in [0.3, 0.4) is 0 Å². The molecule has 2 aliphatic heterocycles. The first-order chi connectivity index (χ1) is 13.8. The van der Waals surface area contributed by atoms with Crippen LogP contribution in [0.2, 0.25) is 0 Å². The zero-order valence-corrected chi connectivity index (χ0v) is 16.4. The molecule has 1 N–H and O–H groups in total. The van der Waals surface area contributed by atoms with Crippen LogP contribution in [0.25, 0.3) is 5.69 Å². The van der Waals surface area contributed by atoms with Crippen LogP contribution >= 0.6 is 0 Å². The lowest BCUT2D eigenvalue weighted by Crippen LogP contribution is -2.47. The average molecular weight is 383 g/mol. The second-order valence-electron chi connectivity index (χ2n) is 7.83. The van der Waals surface area contributed by atoms with Crippen molar-refractivity contribution in [1.29, 1.82) is 0 Å². The number of rotatable bonds is 5. The first-order valence-corrected chi connectivity index (χ1v) is 10.5. The lowest BCUT2D eigenvalue weighted by atomic mass is 9.87. The number of benzene rings is 1. The number of ether oxygens (including phenoxy) is 1. The van der Waals surface area contributed by atoms with Crippen molar-refractivity contribution in [3.63, 3.8) is 0 Å². The van der Waals surface area contributed by atoms with Gasteiger partial charge < -0.3 is 15.0 Å². The van der Waals surface area contributed by atoms with Crippen molar-refractivity contribution in [3.05, 3.63) is 48.3 Å². The Morgan fingerprint density at radius 2 is 1.96 bits per heavy atom. The number of hydrogen-bond donors (Lipinski definition) is 1. The smallest absolute Gasteiger partial charge is 0.317 e. The predicted octanol–water partition coefficient (Wildman–Crippen LogP) is 3.41. The number of carbonyl (C=O) groups excluding carboxylic acids is 1. The van der Waals surface area contributed by atoms with Gasteiger partial charge in [0.15, 0.2) is 0 Å². The number of aromatic nitrogens is 2. The van der Waals surface area contributed by atoms with Crippen molar-refractivity contribution >= 4 is 6.03 Å². The molecule has 1 aromatic carbocycles. The Hall–Kier alpha value is -2.34. The summed E-state index contributed by atoms with van der Waals surface area (Å²) in [6, 6.07) is 10.3. The molecule has 0 aliphatic carbocycles. The summed E-state index contributed by atoms with van der Waals surface area (Å²) in [5.74, 6) is 0.623. The first-order valence-electron chi connectivity index (χ1n) is 10.5. The second kappa shape index (κ2) is 9.24. The van der Waals surface area contributed by atoms with Crippen molar-refractivity contribution < 1.29 is 9.53 Å². The van der Waals surface area contributed by atoms with E-state index in [2.05, 4.69) is 34.7 Å². The highest BCUT2D eigenvalue weighted by Crippen LogP contribution is 2.28. The molecule has 6 nitrogen and oxygen atoms in total. The normalized spacial score (nSPS) is 20.9. The van der Waals surface area contributed by atoms with Crippen molar-refractivity contribution in [1.82, 2.24) is 20.0 Å². The maximum absolute atomic E-state index is 12.5. The molecular formula is C22H30N4O2. The van der Waals surface area contributed by atoms with E-state index in [9.17, 15) is 4.79 Å². The molecule has 2 saturated heterocycles. The van der Waals surface area contributed by atoms with E-state index in [0.29, 0.717) is 18.6 Å². The van der Waals surface area contributed by atoms with Crippen molar-refractivity contribution in [2.45, 2.75) is 44.6 Å². The third kappa shape index (κ3) is 4.73. The number of piperidine rings is 1. The van der Waals surface area contributed by atoms with E-state index in [-0.39, 0.29) is 6.03 Å². The molecule has 0 spiro atoms. The molecule has 150 valence electrons. The number of nitrogens with zero attached hydrogens (tertiary/aromatic N) is 3. The maximum Gasteiger partial charge on any atom is 0.317 e. The zero-order chi connectivity index (χ0) is 19.2. The third-order valence-electron chi connectivity index (χ3n) is 5.96. The fourth-order valence-corrected chi connectivity index (χ4v) is 4.27. The minimum Gasteiger partial charge on any atom is -0.378 e. The van der Waals surface area contributed by atoms with Gasteiger partial charge in [0.2, 0.25) is 0 Å². The van der Waals surface area contributed by atoms with Crippen LogP contribution in [-0.4, -0.2) is 53.1 Å². The van der Waals surface area contributed by atoms with Gasteiger partial charge in [-0.2, -0.15) is 5.10 Å². The van der Waals surface area contributed by atoms with Crippen LogP contribution in [-0.2, 0) is 11.2 Å². The fraction of sp³-hybridized carbons (Fsp3) is 0.545. The van der Waals surface area contributed by atoms with Crippen molar-refractivity contribution in [3.8, 4) is 5.69 Å². The Labute approximate surface area is 166 Å². The molecule has 1 atom stereocenters. The van der Waals surface area contributed by atoms with Gasteiger partial charge in [-0.15, -0.1) is 0 Å². The quantitative estimate of drug-likeness (QED) is 0.862. The van der Waals surface area contributed by atoms with Gasteiger partial charge in [0.05, 0.1) is 11.8 Å². The fourth-order valence-electron chi connectivity index (χ4n) is 4.27. The van der Waals surface area contributed by atoms with E-state index >= 15 is 0 Å². The molecule has 2 aromatic rings. The van der Waals surface area contributed by atoms with Crippen LogP contribution in [0.15, 0.2) is 42.7 Å². The number of likely N-dealkylation sites (tertiary alicyclic amines) is 1. The van der Waals surface area contributed by atoms with Gasteiger partial charge >= 0.3 is 6.03 Å². The molecular weight excluding hydrogens is 352 g/mol. The second-order valence-corrected chi connectivity index (χ2v) is 7.83. The molecule has 2 amide bonds. The lowest BCUT2D eigenvalue weighted by Gasteiger charge is -2.37. The molecule has 0 saturated carbocycles. The highest BCUT2D eigenvalue weighted by atomic mass is 16.5. The molecule has 0 bridgehead atoms. The van der Waals surface area contributed by atoms with Crippen LogP contribution in [0.5, 0.6) is 0 Å². The Balaban J connectivity index is 1.18. The average Bonchev–Trinajstić information content (AvgIpc) is 3.30. The van der Waals surface area contributed by atoms with E-state index in [1.165, 1.54) is 24.8 Å². The molecule has 2 aliphatic rings. The monoisotopic (exact) mass is 382 g/mol. The van der Waals surface area contributed by atoms with Gasteiger partial charge in [0, 0.05) is 38.6 Å². The van der Waals surface area contributed by atoms with Gasteiger partial charge in [-0.25, -0.2) is 9.48 Å². The highest BCUT2D eigenvalue weighted by Gasteiger charge is 2.29. The van der Waals surface area contributed by atoms with Crippen LogP contribution in [0, 0.1) is 5.92 Å². The maximum atomic E-state index is 12.5. The molecule has 4 rings (SSSR count). The summed E-state index contributed by atoms with van der Waals surface area (Å²) in [7, 11) is 0. The molecule has 6 heteroatoms. The Morgan fingerprint density at radius 3 is 2.64 bits per heavy atom. The summed E-state index contributed by atoms with van der Waals surface area (Å²) in [5, 5.41) is 7.31.